The highest BCUT2D eigenvalue weighted by molar-refractivity contribution is 7.13. The van der Waals surface area contributed by atoms with E-state index in [2.05, 4.69) is 27.4 Å². The second kappa shape index (κ2) is 5.28. The van der Waals surface area contributed by atoms with Gasteiger partial charge in [0.1, 0.15) is 10.6 Å². The van der Waals surface area contributed by atoms with Gasteiger partial charge in [-0.3, -0.25) is 4.90 Å². The molecule has 0 aliphatic carbocycles. The molecule has 2 aromatic rings. The molecule has 1 saturated heterocycles. The van der Waals surface area contributed by atoms with Gasteiger partial charge in [-0.1, -0.05) is 5.16 Å². The van der Waals surface area contributed by atoms with E-state index in [1.165, 1.54) is 11.3 Å². The predicted molar refractivity (Wildman–Crippen MR) is 72.4 cm³/mol. The van der Waals surface area contributed by atoms with Crippen molar-refractivity contribution in [2.75, 3.05) is 33.8 Å². The van der Waals surface area contributed by atoms with E-state index in [0.29, 0.717) is 5.89 Å². The predicted octanol–water partition coefficient (Wildman–Crippen LogP) is 1.38. The molecule has 1 atom stereocenters. The van der Waals surface area contributed by atoms with Crippen molar-refractivity contribution in [2.24, 2.45) is 0 Å². The number of hydrogen-bond donors (Lipinski definition) is 1. The van der Waals surface area contributed by atoms with Crippen LogP contribution >= 0.6 is 11.3 Å². The Labute approximate surface area is 115 Å². The average Bonchev–Trinajstić information content (AvgIpc) is 3.07. The van der Waals surface area contributed by atoms with Gasteiger partial charge >= 0.3 is 0 Å². The zero-order valence-corrected chi connectivity index (χ0v) is 11.7. The third kappa shape index (κ3) is 2.36. The first-order chi connectivity index (χ1) is 9.29. The number of nitrogens with one attached hydrogen (secondary N) is 1. The second-order valence-electron chi connectivity index (χ2n) is 4.48. The van der Waals surface area contributed by atoms with Crippen LogP contribution in [0.1, 0.15) is 11.9 Å². The normalized spacial score (nSPS) is 20.6. The van der Waals surface area contributed by atoms with E-state index in [4.69, 9.17) is 9.26 Å². The molecule has 0 amide bonds. The average molecular weight is 280 g/mol. The maximum absolute atomic E-state index is 5.37. The molecule has 3 heterocycles. The number of hydrogen-bond acceptors (Lipinski definition) is 7. The summed E-state index contributed by atoms with van der Waals surface area (Å²) >= 11 is 1.54. The van der Waals surface area contributed by atoms with Crippen molar-refractivity contribution in [2.45, 2.75) is 6.04 Å². The number of aromatic nitrogens is 2. The molecule has 0 spiro atoms. The summed E-state index contributed by atoms with van der Waals surface area (Å²) in [5.74, 6) is 2.02. The van der Waals surface area contributed by atoms with E-state index in [1.807, 2.05) is 11.4 Å². The van der Waals surface area contributed by atoms with Crippen molar-refractivity contribution in [3.8, 4) is 16.5 Å². The van der Waals surface area contributed by atoms with Crippen molar-refractivity contribution < 1.29 is 9.26 Å². The minimum absolute atomic E-state index is 0.164. The van der Waals surface area contributed by atoms with Gasteiger partial charge in [-0.15, -0.1) is 11.3 Å². The van der Waals surface area contributed by atoms with Crippen molar-refractivity contribution in [3.63, 3.8) is 0 Å². The summed E-state index contributed by atoms with van der Waals surface area (Å²) < 4.78 is 10.6. The van der Waals surface area contributed by atoms with Crippen LogP contribution in [0, 0.1) is 0 Å². The summed E-state index contributed by atoms with van der Waals surface area (Å²) in [5.41, 5.74) is 0. The maximum atomic E-state index is 5.37. The molecule has 3 rings (SSSR count). The summed E-state index contributed by atoms with van der Waals surface area (Å²) in [4.78, 5) is 7.62. The SMILES string of the molecule is COc1ccsc1-c1nc(C2CNCCN2C)no1. The zero-order chi connectivity index (χ0) is 13.2. The van der Waals surface area contributed by atoms with Gasteiger partial charge in [-0.05, 0) is 18.5 Å². The molecule has 1 N–H and O–H groups in total. The third-order valence-electron chi connectivity index (χ3n) is 3.29. The topological polar surface area (TPSA) is 63.4 Å². The van der Waals surface area contributed by atoms with Gasteiger partial charge in [0, 0.05) is 19.6 Å². The number of likely N-dealkylation sites (N-methyl/N-ethyl adjacent to an activating group) is 1. The Morgan fingerprint density at radius 3 is 3.26 bits per heavy atom. The number of nitrogens with zero attached hydrogens (tertiary/aromatic N) is 3. The molecule has 7 heteroatoms. The molecule has 1 aliphatic heterocycles. The first-order valence-electron chi connectivity index (χ1n) is 6.16. The van der Waals surface area contributed by atoms with Crippen LogP contribution in [0.25, 0.3) is 10.8 Å². The van der Waals surface area contributed by atoms with Gasteiger partial charge in [0.05, 0.1) is 13.2 Å². The smallest absolute Gasteiger partial charge is 0.271 e. The highest BCUT2D eigenvalue weighted by Crippen LogP contribution is 2.34. The molecular formula is C12H16N4O2S. The Hall–Kier alpha value is -1.44. The largest absolute Gasteiger partial charge is 0.495 e. The maximum Gasteiger partial charge on any atom is 0.271 e. The van der Waals surface area contributed by atoms with Gasteiger partial charge in [-0.25, -0.2) is 0 Å². The molecule has 102 valence electrons. The molecule has 0 saturated carbocycles. The Morgan fingerprint density at radius 1 is 1.58 bits per heavy atom. The summed E-state index contributed by atoms with van der Waals surface area (Å²) in [6.07, 6.45) is 0. The third-order valence-corrected chi connectivity index (χ3v) is 4.18. The first-order valence-corrected chi connectivity index (χ1v) is 7.04. The second-order valence-corrected chi connectivity index (χ2v) is 5.39. The van der Waals surface area contributed by atoms with Crippen LogP contribution in [0.15, 0.2) is 16.0 Å². The van der Waals surface area contributed by atoms with Gasteiger partial charge in [0.2, 0.25) is 0 Å². The Morgan fingerprint density at radius 2 is 2.47 bits per heavy atom. The van der Waals surface area contributed by atoms with E-state index in [1.54, 1.807) is 7.11 Å². The molecule has 2 aromatic heterocycles. The lowest BCUT2D eigenvalue weighted by molar-refractivity contribution is 0.190. The van der Waals surface area contributed by atoms with Crippen LogP contribution in [-0.4, -0.2) is 48.8 Å². The van der Waals surface area contributed by atoms with Crippen LogP contribution in [0.2, 0.25) is 0 Å². The lowest BCUT2D eigenvalue weighted by Crippen LogP contribution is -2.44. The van der Waals surface area contributed by atoms with Gasteiger partial charge in [-0.2, -0.15) is 4.98 Å². The van der Waals surface area contributed by atoms with E-state index in [9.17, 15) is 0 Å². The molecule has 1 aliphatic rings. The fraction of sp³-hybridized carbons (Fsp3) is 0.500. The molecule has 1 unspecified atom stereocenters. The number of methoxy groups -OCH3 is 1. The number of rotatable bonds is 3. The quantitative estimate of drug-likeness (QED) is 0.916. The van der Waals surface area contributed by atoms with Crippen LogP contribution in [0.3, 0.4) is 0 Å². The first kappa shape index (κ1) is 12.6. The Kier molecular flexibility index (Phi) is 3.50. The minimum atomic E-state index is 0.164. The summed E-state index contributed by atoms with van der Waals surface area (Å²) in [7, 11) is 3.72. The molecule has 6 nitrogen and oxygen atoms in total. The standard InChI is InChI=1S/C12H16N4O2S/c1-16-5-4-13-7-8(16)11-14-12(18-15-11)10-9(17-2)3-6-19-10/h3,6,8,13H,4-5,7H2,1-2H3. The highest BCUT2D eigenvalue weighted by atomic mass is 32.1. The fourth-order valence-corrected chi connectivity index (χ4v) is 2.95. The lowest BCUT2D eigenvalue weighted by Gasteiger charge is -2.30. The summed E-state index contributed by atoms with van der Waals surface area (Å²) in [5, 5.41) is 9.40. The van der Waals surface area contributed by atoms with E-state index < -0.39 is 0 Å². The molecule has 1 fully saturated rings. The van der Waals surface area contributed by atoms with E-state index in [-0.39, 0.29) is 6.04 Å². The van der Waals surface area contributed by atoms with Crippen LogP contribution in [0.4, 0.5) is 0 Å². The van der Waals surface area contributed by atoms with Crippen LogP contribution in [-0.2, 0) is 0 Å². The van der Waals surface area contributed by atoms with Crippen molar-refractivity contribution in [3.05, 3.63) is 17.3 Å². The molecular weight excluding hydrogens is 264 g/mol. The van der Waals surface area contributed by atoms with E-state index in [0.717, 1.165) is 36.1 Å². The molecule has 0 radical (unpaired) electrons. The summed E-state index contributed by atoms with van der Waals surface area (Å²) in [6, 6.07) is 2.07. The zero-order valence-electron chi connectivity index (χ0n) is 10.9. The Bertz CT molecular complexity index is 553. The summed E-state index contributed by atoms with van der Waals surface area (Å²) in [6.45, 7) is 2.82. The minimum Gasteiger partial charge on any atom is -0.495 e. The van der Waals surface area contributed by atoms with Crippen molar-refractivity contribution in [1.29, 1.82) is 0 Å². The lowest BCUT2D eigenvalue weighted by atomic mass is 10.2. The van der Waals surface area contributed by atoms with Crippen molar-refractivity contribution >= 4 is 11.3 Å². The molecule has 0 aromatic carbocycles. The van der Waals surface area contributed by atoms with Gasteiger partial charge in [0.15, 0.2) is 5.82 Å². The number of piperazine rings is 1. The van der Waals surface area contributed by atoms with Gasteiger partial charge < -0.3 is 14.6 Å². The highest BCUT2D eigenvalue weighted by Gasteiger charge is 2.26. The van der Waals surface area contributed by atoms with Crippen LogP contribution < -0.4 is 10.1 Å². The molecule has 0 bridgehead atoms. The van der Waals surface area contributed by atoms with Crippen LogP contribution in [0.5, 0.6) is 5.75 Å². The van der Waals surface area contributed by atoms with Crippen molar-refractivity contribution in [1.82, 2.24) is 20.4 Å². The van der Waals surface area contributed by atoms with E-state index >= 15 is 0 Å². The Balaban J connectivity index is 1.87. The van der Waals surface area contributed by atoms with Gasteiger partial charge in [0.25, 0.3) is 5.89 Å². The monoisotopic (exact) mass is 280 g/mol. The fourth-order valence-electron chi connectivity index (χ4n) is 2.17. The molecule has 19 heavy (non-hydrogen) atoms. The number of ether oxygens (including phenoxy) is 1. The number of thiophene rings is 1.